The summed E-state index contributed by atoms with van der Waals surface area (Å²) in [6.07, 6.45) is -4.19. The SMILES string of the molecule is N=C(N)c1ccc2cc(C#Cc3ccc(CCN)cc3)ccc2c1.O=C(O)C(F)(F)F. The standard InChI is InChI=1S/C21H19N3.C2HF3O2/c22-12-11-16-3-1-15(2-4-16)5-6-17-7-8-19-14-20(21(23)24)10-9-18(19)13-17;3-2(4,5)1(6)7/h1-4,7-10,13-14H,11-12,22H2,(H3,23,24);(H,6,7). The summed E-state index contributed by atoms with van der Waals surface area (Å²) in [7, 11) is 0. The third-order valence-corrected chi connectivity index (χ3v) is 4.13. The van der Waals surface area contributed by atoms with Crippen molar-refractivity contribution >= 4 is 22.6 Å². The Kier molecular flexibility index (Phi) is 7.77. The minimum Gasteiger partial charge on any atom is -0.475 e. The van der Waals surface area contributed by atoms with Crippen LogP contribution in [0.15, 0.2) is 60.7 Å². The molecule has 0 atom stereocenters. The van der Waals surface area contributed by atoms with Crippen molar-refractivity contribution in [1.82, 2.24) is 0 Å². The van der Waals surface area contributed by atoms with E-state index >= 15 is 0 Å². The number of alkyl halides is 3. The van der Waals surface area contributed by atoms with Crippen molar-refractivity contribution in [2.45, 2.75) is 12.6 Å². The Labute approximate surface area is 177 Å². The van der Waals surface area contributed by atoms with Gasteiger partial charge in [0.05, 0.1) is 0 Å². The van der Waals surface area contributed by atoms with E-state index < -0.39 is 12.1 Å². The minimum absolute atomic E-state index is 0.0823. The van der Waals surface area contributed by atoms with Crippen molar-refractivity contribution in [2.75, 3.05) is 6.54 Å². The molecule has 5 nitrogen and oxygen atoms in total. The molecule has 0 spiro atoms. The van der Waals surface area contributed by atoms with Crippen molar-refractivity contribution in [3.63, 3.8) is 0 Å². The van der Waals surface area contributed by atoms with Crippen LogP contribution in [-0.4, -0.2) is 29.6 Å². The maximum absolute atomic E-state index is 10.6. The Hall–Kier alpha value is -3.83. The van der Waals surface area contributed by atoms with E-state index in [2.05, 4.69) is 30.0 Å². The van der Waals surface area contributed by atoms with Crippen LogP contribution in [0.3, 0.4) is 0 Å². The van der Waals surface area contributed by atoms with E-state index in [4.69, 9.17) is 26.8 Å². The van der Waals surface area contributed by atoms with E-state index in [1.165, 1.54) is 5.56 Å². The molecule has 0 unspecified atom stereocenters. The molecule has 6 N–H and O–H groups in total. The number of carboxylic acid groups (broad SMARTS) is 1. The summed E-state index contributed by atoms with van der Waals surface area (Å²) in [6, 6.07) is 20.0. The van der Waals surface area contributed by atoms with Crippen molar-refractivity contribution in [3.05, 3.63) is 82.9 Å². The van der Waals surface area contributed by atoms with E-state index in [0.29, 0.717) is 6.54 Å². The Morgan fingerprint density at radius 3 is 2.00 bits per heavy atom. The van der Waals surface area contributed by atoms with Gasteiger partial charge in [-0.15, -0.1) is 0 Å². The number of halogens is 3. The monoisotopic (exact) mass is 427 g/mol. The zero-order valence-corrected chi connectivity index (χ0v) is 16.3. The van der Waals surface area contributed by atoms with Gasteiger partial charge < -0.3 is 16.6 Å². The summed E-state index contributed by atoms with van der Waals surface area (Å²) < 4.78 is 31.7. The van der Waals surface area contributed by atoms with Gasteiger partial charge in [0.15, 0.2) is 0 Å². The molecule has 0 fully saturated rings. The van der Waals surface area contributed by atoms with Gasteiger partial charge in [-0.05, 0) is 59.6 Å². The van der Waals surface area contributed by atoms with E-state index in [1.807, 2.05) is 42.5 Å². The van der Waals surface area contributed by atoms with Gasteiger partial charge in [-0.3, -0.25) is 5.41 Å². The summed E-state index contributed by atoms with van der Waals surface area (Å²) in [5.41, 5.74) is 15.0. The average molecular weight is 427 g/mol. The first-order chi connectivity index (χ1) is 14.6. The Morgan fingerprint density at radius 2 is 1.45 bits per heavy atom. The molecule has 0 aliphatic carbocycles. The summed E-state index contributed by atoms with van der Waals surface area (Å²) in [5, 5.41) is 16.8. The van der Waals surface area contributed by atoms with Crippen LogP contribution in [0, 0.1) is 17.3 Å². The normalized spacial score (nSPS) is 10.5. The fourth-order valence-corrected chi connectivity index (χ4v) is 2.56. The summed E-state index contributed by atoms with van der Waals surface area (Å²) >= 11 is 0. The molecule has 160 valence electrons. The second-order valence-electron chi connectivity index (χ2n) is 6.48. The van der Waals surface area contributed by atoms with E-state index in [1.54, 1.807) is 0 Å². The summed E-state index contributed by atoms with van der Waals surface area (Å²) in [6.45, 7) is 0.660. The number of amidine groups is 1. The molecular weight excluding hydrogens is 407 g/mol. The van der Waals surface area contributed by atoms with Gasteiger partial charge in [-0.1, -0.05) is 42.2 Å². The molecule has 0 aromatic heterocycles. The van der Waals surface area contributed by atoms with Crippen molar-refractivity contribution in [2.24, 2.45) is 11.5 Å². The van der Waals surface area contributed by atoms with Crippen molar-refractivity contribution in [1.29, 1.82) is 5.41 Å². The Bertz CT molecular complexity index is 1140. The number of aliphatic carboxylic acids is 1. The van der Waals surface area contributed by atoms with Crippen molar-refractivity contribution in [3.8, 4) is 11.8 Å². The third kappa shape index (κ3) is 7.17. The molecular formula is C23H20F3N3O2. The number of fused-ring (bicyclic) bond motifs is 1. The number of nitrogens with two attached hydrogens (primary N) is 2. The van der Waals surface area contributed by atoms with Crippen LogP contribution in [0.25, 0.3) is 10.8 Å². The lowest BCUT2D eigenvalue weighted by Crippen LogP contribution is -2.21. The van der Waals surface area contributed by atoms with Gasteiger partial charge in [-0.2, -0.15) is 13.2 Å². The smallest absolute Gasteiger partial charge is 0.475 e. The Morgan fingerprint density at radius 1 is 0.935 bits per heavy atom. The molecule has 0 saturated carbocycles. The molecule has 3 aromatic carbocycles. The predicted octanol–water partition coefficient (Wildman–Crippen LogP) is 3.66. The van der Waals surface area contributed by atoms with Gasteiger partial charge in [0.25, 0.3) is 0 Å². The van der Waals surface area contributed by atoms with Crippen LogP contribution in [0.4, 0.5) is 13.2 Å². The van der Waals surface area contributed by atoms with Crippen LogP contribution >= 0.6 is 0 Å². The number of benzene rings is 3. The van der Waals surface area contributed by atoms with Crippen LogP contribution in [0.2, 0.25) is 0 Å². The van der Waals surface area contributed by atoms with E-state index in [0.717, 1.165) is 33.9 Å². The second-order valence-corrected chi connectivity index (χ2v) is 6.48. The zero-order valence-electron chi connectivity index (χ0n) is 16.3. The number of hydrogen-bond donors (Lipinski definition) is 4. The molecule has 0 aliphatic rings. The first-order valence-electron chi connectivity index (χ1n) is 9.09. The molecule has 3 rings (SSSR count). The number of nitrogens with one attached hydrogen (secondary N) is 1. The second kappa shape index (κ2) is 10.3. The number of nitrogen functional groups attached to an aromatic ring is 1. The first kappa shape index (κ1) is 23.4. The highest BCUT2D eigenvalue weighted by molar-refractivity contribution is 5.99. The highest BCUT2D eigenvalue weighted by Crippen LogP contribution is 2.18. The number of hydrogen-bond acceptors (Lipinski definition) is 3. The summed E-state index contributed by atoms with van der Waals surface area (Å²) in [4.78, 5) is 8.90. The third-order valence-electron chi connectivity index (χ3n) is 4.13. The molecule has 0 heterocycles. The number of rotatable bonds is 3. The molecule has 0 radical (unpaired) electrons. The van der Waals surface area contributed by atoms with Crippen LogP contribution < -0.4 is 11.5 Å². The number of carbonyl (C=O) groups is 1. The maximum atomic E-state index is 10.6. The quantitative estimate of drug-likeness (QED) is 0.290. The van der Waals surface area contributed by atoms with Crippen LogP contribution in [0.1, 0.15) is 22.3 Å². The molecule has 0 aliphatic heterocycles. The maximum Gasteiger partial charge on any atom is 0.490 e. The van der Waals surface area contributed by atoms with E-state index in [9.17, 15) is 13.2 Å². The lowest BCUT2D eigenvalue weighted by molar-refractivity contribution is -0.192. The topological polar surface area (TPSA) is 113 Å². The Balaban J connectivity index is 0.000000423. The van der Waals surface area contributed by atoms with Crippen molar-refractivity contribution < 1.29 is 23.1 Å². The van der Waals surface area contributed by atoms with Crippen LogP contribution in [-0.2, 0) is 11.2 Å². The largest absolute Gasteiger partial charge is 0.490 e. The van der Waals surface area contributed by atoms with Gasteiger partial charge >= 0.3 is 12.1 Å². The van der Waals surface area contributed by atoms with Gasteiger partial charge in [0.1, 0.15) is 5.84 Å². The molecule has 31 heavy (non-hydrogen) atoms. The predicted molar refractivity (Wildman–Crippen MR) is 114 cm³/mol. The lowest BCUT2D eigenvalue weighted by Gasteiger charge is -2.02. The molecule has 0 saturated heterocycles. The zero-order chi connectivity index (χ0) is 23.0. The average Bonchev–Trinajstić information content (AvgIpc) is 2.72. The molecule has 0 amide bonds. The van der Waals surface area contributed by atoms with Gasteiger partial charge in [0, 0.05) is 16.7 Å². The highest BCUT2D eigenvalue weighted by atomic mass is 19.4. The molecule has 8 heteroatoms. The fourth-order valence-electron chi connectivity index (χ4n) is 2.56. The van der Waals surface area contributed by atoms with Crippen LogP contribution in [0.5, 0.6) is 0 Å². The van der Waals surface area contributed by atoms with Gasteiger partial charge in [0.2, 0.25) is 0 Å². The fraction of sp³-hybridized carbons (Fsp3) is 0.130. The summed E-state index contributed by atoms with van der Waals surface area (Å²) in [5.74, 6) is 3.71. The minimum atomic E-state index is -5.08. The van der Waals surface area contributed by atoms with E-state index in [-0.39, 0.29) is 5.84 Å². The molecule has 0 bridgehead atoms. The number of carboxylic acids is 1. The first-order valence-corrected chi connectivity index (χ1v) is 9.09. The molecule has 3 aromatic rings. The van der Waals surface area contributed by atoms with Gasteiger partial charge in [-0.25, -0.2) is 4.79 Å². The lowest BCUT2D eigenvalue weighted by atomic mass is 10.0. The highest BCUT2D eigenvalue weighted by Gasteiger charge is 2.38.